The molecule has 1 unspecified atom stereocenters. The van der Waals surface area contributed by atoms with E-state index >= 15 is 0 Å². The Morgan fingerprint density at radius 1 is 1.00 bits per heavy atom. The highest BCUT2D eigenvalue weighted by atomic mass is 79.9. The molecule has 0 spiro atoms. The van der Waals surface area contributed by atoms with Gasteiger partial charge >= 0.3 is 0 Å². The summed E-state index contributed by atoms with van der Waals surface area (Å²) in [4.78, 5) is 13.7. The van der Waals surface area contributed by atoms with E-state index in [0.717, 1.165) is 27.2 Å². The number of benzene rings is 1. The smallest absolute Gasteiger partial charge is 0.177 e. The normalized spacial score (nSPS) is 12.4. The maximum Gasteiger partial charge on any atom is 0.177 e. The van der Waals surface area contributed by atoms with Crippen LogP contribution in [0, 0.1) is 6.92 Å². The lowest BCUT2D eigenvalue weighted by Crippen LogP contribution is -2.15. The molecule has 3 aromatic heterocycles. The van der Waals surface area contributed by atoms with E-state index in [1.807, 2.05) is 49.5 Å². The van der Waals surface area contributed by atoms with Gasteiger partial charge in [-0.15, -0.1) is 0 Å². The van der Waals surface area contributed by atoms with Crippen molar-refractivity contribution < 1.29 is 0 Å². The summed E-state index contributed by atoms with van der Waals surface area (Å²) >= 11 is 3.52. The number of hydrogen-bond acceptors (Lipinski definition) is 3. The number of fused-ring (bicyclic) bond motifs is 1. The molecule has 0 aliphatic heterocycles. The molecule has 24 heavy (non-hydrogen) atoms. The highest BCUT2D eigenvalue weighted by Gasteiger charge is 2.22. The first-order valence-electron chi connectivity index (χ1n) is 7.70. The largest absolute Gasteiger partial charge is 0.313 e. The van der Waals surface area contributed by atoms with E-state index in [-0.39, 0.29) is 6.04 Å². The molecule has 0 saturated carbocycles. The molecule has 0 aliphatic rings. The van der Waals surface area contributed by atoms with Crippen LogP contribution >= 0.6 is 15.9 Å². The van der Waals surface area contributed by atoms with Gasteiger partial charge in [-0.05, 0) is 46.6 Å². The van der Waals surface area contributed by atoms with Gasteiger partial charge in [0.25, 0.3) is 0 Å². The molecule has 118 valence electrons. The molecule has 4 rings (SSSR count). The summed E-state index contributed by atoms with van der Waals surface area (Å²) in [7, 11) is 0. The Kier molecular flexibility index (Phi) is 3.86. The molecule has 0 fully saturated rings. The van der Waals surface area contributed by atoms with Crippen molar-refractivity contribution in [1.29, 1.82) is 0 Å². The molecule has 5 heteroatoms. The maximum atomic E-state index is 4.63. The molecule has 1 aromatic carbocycles. The van der Waals surface area contributed by atoms with Crippen LogP contribution in [0.5, 0.6) is 0 Å². The predicted molar refractivity (Wildman–Crippen MR) is 97.9 cm³/mol. The van der Waals surface area contributed by atoms with Crippen molar-refractivity contribution in [3.8, 4) is 0 Å². The molecule has 0 saturated heterocycles. The zero-order chi connectivity index (χ0) is 16.5. The second kappa shape index (κ2) is 6.17. The first kappa shape index (κ1) is 15.0. The first-order valence-corrected chi connectivity index (χ1v) is 8.49. The van der Waals surface area contributed by atoms with E-state index in [0.29, 0.717) is 0 Å². The Morgan fingerprint density at radius 2 is 1.79 bits per heavy atom. The summed E-state index contributed by atoms with van der Waals surface area (Å²) in [5.41, 5.74) is 3.87. The lowest BCUT2D eigenvalue weighted by molar-refractivity contribution is 0.655. The molecule has 4 aromatic rings. The summed E-state index contributed by atoms with van der Waals surface area (Å²) < 4.78 is 3.13. The van der Waals surface area contributed by atoms with Crippen LogP contribution in [0.2, 0.25) is 0 Å². The van der Waals surface area contributed by atoms with Crippen LogP contribution in [0.15, 0.2) is 71.5 Å². The van der Waals surface area contributed by atoms with E-state index < -0.39 is 0 Å². The minimum atomic E-state index is -0.0477. The van der Waals surface area contributed by atoms with Crippen LogP contribution in [0.1, 0.15) is 23.1 Å². The van der Waals surface area contributed by atoms with Gasteiger partial charge < -0.3 is 4.57 Å². The third kappa shape index (κ3) is 2.61. The van der Waals surface area contributed by atoms with E-state index in [2.05, 4.69) is 53.6 Å². The number of imidazole rings is 1. The van der Waals surface area contributed by atoms with Crippen LogP contribution < -0.4 is 0 Å². The van der Waals surface area contributed by atoms with Gasteiger partial charge in [-0.25, -0.2) is 9.97 Å². The van der Waals surface area contributed by atoms with Gasteiger partial charge in [0.2, 0.25) is 0 Å². The number of nitrogens with zero attached hydrogens (tertiary/aromatic N) is 4. The van der Waals surface area contributed by atoms with Crippen LogP contribution in [-0.2, 0) is 0 Å². The lowest BCUT2D eigenvalue weighted by atomic mass is 10.0. The van der Waals surface area contributed by atoms with Crippen LogP contribution in [0.25, 0.3) is 11.2 Å². The zero-order valence-corrected chi connectivity index (χ0v) is 14.7. The summed E-state index contributed by atoms with van der Waals surface area (Å²) in [5.74, 6) is 0.912. The van der Waals surface area contributed by atoms with Gasteiger partial charge in [0, 0.05) is 16.9 Å². The van der Waals surface area contributed by atoms with E-state index in [4.69, 9.17) is 0 Å². The van der Waals surface area contributed by atoms with E-state index in [1.165, 1.54) is 5.56 Å². The molecular formula is C19H15BrN4. The summed E-state index contributed by atoms with van der Waals surface area (Å²) in [5, 5.41) is 0. The molecule has 4 nitrogen and oxygen atoms in total. The molecule has 0 radical (unpaired) electrons. The fraction of sp³-hybridized carbons (Fsp3) is 0.105. The second-order valence-electron chi connectivity index (χ2n) is 5.59. The van der Waals surface area contributed by atoms with Crippen LogP contribution in [-0.4, -0.2) is 19.5 Å². The number of aromatic nitrogens is 4. The Bertz CT molecular complexity index is 941. The predicted octanol–water partition coefficient (Wildman–Crippen LogP) is 4.53. The summed E-state index contributed by atoms with van der Waals surface area (Å²) in [6, 6.07) is 18.4. The van der Waals surface area contributed by atoms with Gasteiger partial charge in [0.1, 0.15) is 11.9 Å². The quantitative estimate of drug-likeness (QED) is 0.525. The van der Waals surface area contributed by atoms with Gasteiger partial charge in [-0.3, -0.25) is 4.98 Å². The third-order valence-electron chi connectivity index (χ3n) is 4.03. The van der Waals surface area contributed by atoms with Gasteiger partial charge in [0.15, 0.2) is 5.65 Å². The Morgan fingerprint density at radius 3 is 2.54 bits per heavy atom. The fourth-order valence-corrected chi connectivity index (χ4v) is 3.34. The maximum absolute atomic E-state index is 4.63. The van der Waals surface area contributed by atoms with Crippen molar-refractivity contribution in [3.05, 3.63) is 88.5 Å². The molecule has 3 heterocycles. The Labute approximate surface area is 148 Å². The second-order valence-corrected chi connectivity index (χ2v) is 6.51. The van der Waals surface area contributed by atoms with E-state index in [9.17, 15) is 0 Å². The number of pyridine rings is 2. The standard InChI is InChI=1S/C19H15BrN4/c1-13-23-19-17(11-15(20)12-22-19)24(13)18(14-7-3-2-4-8-14)16-9-5-6-10-21-16/h2-12,18H,1H3. The van der Waals surface area contributed by atoms with Crippen molar-refractivity contribution in [2.24, 2.45) is 0 Å². The molecule has 0 N–H and O–H groups in total. The van der Waals surface area contributed by atoms with Crippen molar-refractivity contribution in [1.82, 2.24) is 19.5 Å². The summed E-state index contributed by atoms with van der Waals surface area (Å²) in [6.45, 7) is 2.01. The molecule has 0 amide bonds. The van der Waals surface area contributed by atoms with Crippen LogP contribution in [0.4, 0.5) is 0 Å². The van der Waals surface area contributed by atoms with Crippen LogP contribution in [0.3, 0.4) is 0 Å². The third-order valence-corrected chi connectivity index (χ3v) is 4.46. The Hall–Kier alpha value is -2.53. The van der Waals surface area contributed by atoms with Gasteiger partial charge in [-0.2, -0.15) is 0 Å². The average Bonchev–Trinajstić information content (AvgIpc) is 2.93. The SMILES string of the molecule is Cc1nc2ncc(Br)cc2n1C(c1ccccc1)c1ccccn1. The van der Waals surface area contributed by atoms with E-state index in [1.54, 1.807) is 6.20 Å². The Balaban J connectivity index is 2.01. The molecular weight excluding hydrogens is 364 g/mol. The zero-order valence-electron chi connectivity index (χ0n) is 13.1. The van der Waals surface area contributed by atoms with Crippen molar-refractivity contribution in [3.63, 3.8) is 0 Å². The fourth-order valence-electron chi connectivity index (χ4n) is 3.02. The number of aryl methyl sites for hydroxylation is 1. The highest BCUT2D eigenvalue weighted by Crippen LogP contribution is 2.31. The number of rotatable bonds is 3. The van der Waals surface area contributed by atoms with Gasteiger partial charge in [-0.1, -0.05) is 36.4 Å². The summed E-state index contributed by atoms with van der Waals surface area (Å²) in [6.07, 6.45) is 3.60. The average molecular weight is 379 g/mol. The minimum absolute atomic E-state index is 0.0477. The number of hydrogen-bond donors (Lipinski definition) is 0. The van der Waals surface area contributed by atoms with Gasteiger partial charge in [0.05, 0.1) is 11.2 Å². The molecule has 1 atom stereocenters. The first-order chi connectivity index (χ1) is 11.7. The monoisotopic (exact) mass is 378 g/mol. The topological polar surface area (TPSA) is 43.6 Å². The highest BCUT2D eigenvalue weighted by molar-refractivity contribution is 9.10. The molecule has 0 bridgehead atoms. The van der Waals surface area contributed by atoms with Crippen molar-refractivity contribution in [2.45, 2.75) is 13.0 Å². The molecule has 0 aliphatic carbocycles. The van der Waals surface area contributed by atoms with Crippen molar-refractivity contribution in [2.75, 3.05) is 0 Å². The van der Waals surface area contributed by atoms with Crippen molar-refractivity contribution >= 4 is 27.1 Å². The minimum Gasteiger partial charge on any atom is -0.313 e. The lowest BCUT2D eigenvalue weighted by Gasteiger charge is -2.21. The number of halogens is 1.